The molecule has 2 saturated heterocycles. The normalized spacial score (nSPS) is 27.2. The Kier molecular flexibility index (Phi) is 4.12. The molecule has 2 fully saturated rings. The first-order chi connectivity index (χ1) is 14.2. The Balaban J connectivity index is 1.84. The zero-order chi connectivity index (χ0) is 21.4. The van der Waals surface area contributed by atoms with Crippen molar-refractivity contribution < 1.29 is 14.4 Å². The van der Waals surface area contributed by atoms with Gasteiger partial charge in [-0.1, -0.05) is 66.8 Å². The van der Waals surface area contributed by atoms with Crippen molar-refractivity contribution in [1.82, 2.24) is 10.1 Å². The van der Waals surface area contributed by atoms with Gasteiger partial charge in [0.15, 0.2) is 11.3 Å². The van der Waals surface area contributed by atoms with Crippen LogP contribution in [0.3, 0.4) is 0 Å². The van der Waals surface area contributed by atoms with Crippen molar-refractivity contribution in [3.05, 3.63) is 53.7 Å². The van der Waals surface area contributed by atoms with Gasteiger partial charge in [0, 0.05) is 11.5 Å². The average molecular weight is 439 g/mol. The quantitative estimate of drug-likeness (QED) is 0.563. The molecule has 0 saturated carbocycles. The van der Waals surface area contributed by atoms with Crippen molar-refractivity contribution in [3.8, 4) is 11.3 Å². The number of fused-ring (bicyclic) bond motifs is 2. The Hall–Kier alpha value is -2.38. The predicted octanol–water partition coefficient (Wildman–Crippen LogP) is 5.21. The second-order valence-corrected chi connectivity index (χ2v) is 10.7. The molecule has 0 amide bonds. The van der Waals surface area contributed by atoms with E-state index in [1.165, 1.54) is 0 Å². The van der Waals surface area contributed by atoms with Crippen LogP contribution in [0.15, 0.2) is 47.0 Å². The zero-order valence-corrected chi connectivity index (χ0v) is 18.8. The number of hydrogen-bond acceptors (Lipinski definition) is 5. The first-order valence-electron chi connectivity index (χ1n) is 9.91. The maximum absolute atomic E-state index is 13.1. The van der Waals surface area contributed by atoms with Gasteiger partial charge >= 0.3 is 5.97 Å². The van der Waals surface area contributed by atoms with E-state index in [0.29, 0.717) is 22.0 Å². The van der Waals surface area contributed by atoms with Gasteiger partial charge in [-0.15, -0.1) is 11.8 Å². The fourth-order valence-corrected chi connectivity index (χ4v) is 7.39. The maximum Gasteiger partial charge on any atom is 0.336 e. The standard InChI is InChI=1S/C23H22N2O3S2/c1-12-19(29)25-20(12)30-22(3,4)23(25,21(26)27)17-13(2)24-28-18(17)16-11-7-9-14-8-5-6-10-15(14)16/h5-12,20H,1-4H3,(H,26,27)/t12-,20-,23+/m1/s1. The van der Waals surface area contributed by atoms with Crippen molar-refractivity contribution in [2.75, 3.05) is 0 Å². The number of carboxylic acid groups (broad SMARTS) is 1. The van der Waals surface area contributed by atoms with E-state index in [-0.39, 0.29) is 11.3 Å². The van der Waals surface area contributed by atoms with Crippen molar-refractivity contribution >= 4 is 45.7 Å². The van der Waals surface area contributed by atoms with Crippen LogP contribution in [0.2, 0.25) is 0 Å². The molecule has 1 aromatic heterocycles. The summed E-state index contributed by atoms with van der Waals surface area (Å²) < 4.78 is 5.20. The fourth-order valence-electron chi connectivity index (χ4n) is 5.09. The van der Waals surface area contributed by atoms with Crippen molar-refractivity contribution in [2.45, 2.75) is 43.4 Å². The lowest BCUT2D eigenvalue weighted by Gasteiger charge is -2.51. The third-order valence-electron chi connectivity index (χ3n) is 6.53. The van der Waals surface area contributed by atoms with Crippen LogP contribution in [0.25, 0.3) is 22.1 Å². The largest absolute Gasteiger partial charge is 0.479 e. The van der Waals surface area contributed by atoms with Gasteiger partial charge in [0.2, 0.25) is 0 Å². The molecule has 2 aromatic carbocycles. The molecule has 0 radical (unpaired) electrons. The maximum atomic E-state index is 13.1. The minimum atomic E-state index is -1.36. The molecule has 0 aliphatic carbocycles. The molecule has 7 heteroatoms. The third-order valence-corrected chi connectivity index (χ3v) is 8.84. The van der Waals surface area contributed by atoms with Gasteiger partial charge < -0.3 is 14.5 Å². The third kappa shape index (κ3) is 2.22. The second-order valence-electron chi connectivity index (χ2n) is 8.53. The minimum Gasteiger partial charge on any atom is -0.479 e. The lowest BCUT2D eigenvalue weighted by molar-refractivity contribution is -0.152. The van der Waals surface area contributed by atoms with Gasteiger partial charge in [-0.25, -0.2) is 4.79 Å². The highest BCUT2D eigenvalue weighted by atomic mass is 32.2. The lowest BCUT2D eigenvalue weighted by Crippen LogP contribution is -2.67. The number of carboxylic acids is 1. The van der Waals surface area contributed by atoms with E-state index in [4.69, 9.17) is 16.7 Å². The molecular formula is C23H22N2O3S2. The average Bonchev–Trinajstić information content (AvgIpc) is 3.20. The summed E-state index contributed by atoms with van der Waals surface area (Å²) in [5, 5.41) is 17.1. The van der Waals surface area contributed by atoms with Crippen LogP contribution in [0.1, 0.15) is 32.0 Å². The van der Waals surface area contributed by atoms with Gasteiger partial charge in [0.1, 0.15) is 0 Å². The molecule has 154 valence electrons. The van der Waals surface area contributed by atoms with Gasteiger partial charge in [0.05, 0.1) is 26.4 Å². The smallest absolute Gasteiger partial charge is 0.336 e. The van der Waals surface area contributed by atoms with E-state index in [0.717, 1.165) is 16.3 Å². The van der Waals surface area contributed by atoms with E-state index in [1.54, 1.807) is 11.8 Å². The second kappa shape index (κ2) is 6.31. The van der Waals surface area contributed by atoms with Crippen LogP contribution < -0.4 is 0 Å². The highest BCUT2D eigenvalue weighted by molar-refractivity contribution is 8.01. The zero-order valence-electron chi connectivity index (χ0n) is 17.2. The number of thiocarbonyl (C=S) groups is 1. The highest BCUT2D eigenvalue weighted by Gasteiger charge is 2.72. The van der Waals surface area contributed by atoms with Gasteiger partial charge in [-0.2, -0.15) is 0 Å². The summed E-state index contributed by atoms with van der Waals surface area (Å²) in [4.78, 5) is 15.7. The van der Waals surface area contributed by atoms with Gasteiger partial charge in [-0.3, -0.25) is 0 Å². The number of thioether (sulfide) groups is 1. The number of nitrogens with zero attached hydrogens (tertiary/aromatic N) is 2. The van der Waals surface area contributed by atoms with Gasteiger partial charge in [-0.05, 0) is 31.5 Å². The molecule has 3 atom stereocenters. The molecule has 1 N–H and O–H groups in total. The summed E-state index contributed by atoms with van der Waals surface area (Å²) in [7, 11) is 0. The van der Waals surface area contributed by atoms with Crippen LogP contribution >= 0.6 is 24.0 Å². The summed E-state index contributed by atoms with van der Waals surface area (Å²) in [5.41, 5.74) is 0.660. The van der Waals surface area contributed by atoms with Gasteiger partial charge in [0.25, 0.3) is 0 Å². The molecule has 5 rings (SSSR count). The van der Waals surface area contributed by atoms with E-state index in [2.05, 4.69) is 12.1 Å². The number of carbonyl (C=O) groups is 1. The summed E-state index contributed by atoms with van der Waals surface area (Å²) in [6.07, 6.45) is 0. The van der Waals surface area contributed by atoms with Crippen molar-refractivity contribution in [2.24, 2.45) is 5.92 Å². The minimum absolute atomic E-state index is 0.0262. The van der Waals surface area contributed by atoms with Crippen LogP contribution in [-0.4, -0.2) is 36.2 Å². The molecular weight excluding hydrogens is 416 g/mol. The summed E-state index contributed by atoms with van der Waals surface area (Å²) in [6, 6.07) is 14.0. The van der Waals surface area contributed by atoms with E-state index in [9.17, 15) is 9.90 Å². The summed E-state index contributed by atoms with van der Waals surface area (Å²) in [6.45, 7) is 7.85. The molecule has 0 bridgehead atoms. The van der Waals surface area contributed by atoms with E-state index in [1.807, 2.05) is 68.1 Å². The van der Waals surface area contributed by atoms with Crippen LogP contribution in [-0.2, 0) is 10.3 Å². The number of aliphatic carboxylic acids is 1. The number of aromatic nitrogens is 1. The van der Waals surface area contributed by atoms with E-state index >= 15 is 0 Å². The topological polar surface area (TPSA) is 66.6 Å². The monoisotopic (exact) mass is 438 g/mol. The Labute approximate surface area is 184 Å². The molecule has 3 aromatic rings. The molecule has 0 spiro atoms. The number of rotatable bonds is 3. The fraction of sp³-hybridized carbons (Fsp3) is 0.348. The SMILES string of the molecule is Cc1noc(-c2cccc3ccccc23)c1[C@@]1(C(=O)O)N2C(=S)[C@@H](C)[C@H]2SC1(C)C. The number of aryl methyl sites for hydroxylation is 1. The molecule has 30 heavy (non-hydrogen) atoms. The Bertz CT molecular complexity index is 1210. The van der Waals surface area contributed by atoms with Crippen LogP contribution in [0, 0.1) is 12.8 Å². The Morgan fingerprint density at radius 1 is 1.23 bits per heavy atom. The summed E-state index contributed by atoms with van der Waals surface area (Å²) >= 11 is 7.33. The molecule has 2 aliphatic rings. The Morgan fingerprint density at radius 2 is 1.93 bits per heavy atom. The first kappa shape index (κ1) is 19.6. The molecule has 2 aliphatic heterocycles. The molecule has 5 nitrogen and oxygen atoms in total. The lowest BCUT2D eigenvalue weighted by atomic mass is 9.73. The summed E-state index contributed by atoms with van der Waals surface area (Å²) in [5.74, 6) is -0.264. The highest BCUT2D eigenvalue weighted by Crippen LogP contribution is 2.64. The molecule has 0 unspecified atom stereocenters. The Morgan fingerprint density at radius 3 is 2.67 bits per heavy atom. The number of hydrogen-bond donors (Lipinski definition) is 1. The van der Waals surface area contributed by atoms with Crippen molar-refractivity contribution in [3.63, 3.8) is 0 Å². The molecule has 3 heterocycles. The first-order valence-corrected chi connectivity index (χ1v) is 11.2. The predicted molar refractivity (Wildman–Crippen MR) is 123 cm³/mol. The van der Waals surface area contributed by atoms with Crippen LogP contribution in [0.5, 0.6) is 0 Å². The van der Waals surface area contributed by atoms with Crippen LogP contribution in [0.4, 0.5) is 0 Å². The van der Waals surface area contributed by atoms with Crippen molar-refractivity contribution in [1.29, 1.82) is 0 Å². The number of benzene rings is 2. The van der Waals surface area contributed by atoms with E-state index < -0.39 is 16.3 Å².